The fraction of sp³-hybridized carbons (Fsp3) is 0.158. The molecular formula is C19H19N5. The van der Waals surface area contributed by atoms with E-state index < -0.39 is 6.17 Å². The molecule has 2 aromatic rings. The molecular weight excluding hydrogens is 298 g/mol. The lowest BCUT2D eigenvalue weighted by atomic mass is 9.94. The van der Waals surface area contributed by atoms with Gasteiger partial charge in [-0.3, -0.25) is 4.99 Å². The van der Waals surface area contributed by atoms with Crippen molar-refractivity contribution in [3.63, 3.8) is 0 Å². The molecule has 4 rings (SSSR count). The Kier molecular flexibility index (Phi) is 3.84. The third kappa shape index (κ3) is 2.70. The van der Waals surface area contributed by atoms with Gasteiger partial charge in [0.2, 0.25) is 0 Å². The molecule has 1 unspecified atom stereocenters. The second-order valence-corrected chi connectivity index (χ2v) is 5.73. The van der Waals surface area contributed by atoms with Crippen molar-refractivity contribution in [1.29, 1.82) is 0 Å². The number of nitrogens with zero attached hydrogens (tertiary/aromatic N) is 2. The molecule has 0 aliphatic carbocycles. The van der Waals surface area contributed by atoms with E-state index in [9.17, 15) is 0 Å². The molecule has 5 heteroatoms. The van der Waals surface area contributed by atoms with Crippen LogP contribution in [0.25, 0.3) is 11.1 Å². The monoisotopic (exact) mass is 317 g/mol. The molecule has 0 amide bonds. The molecule has 0 saturated heterocycles. The molecule has 0 fully saturated rings. The fourth-order valence-corrected chi connectivity index (χ4v) is 3.06. The quantitative estimate of drug-likeness (QED) is 0.791. The summed E-state index contributed by atoms with van der Waals surface area (Å²) in [6.45, 7) is 1.62. The molecule has 0 radical (unpaired) electrons. The first-order chi connectivity index (χ1) is 11.8. The predicted octanol–water partition coefficient (Wildman–Crippen LogP) is 1.84. The second-order valence-electron chi connectivity index (χ2n) is 5.73. The van der Waals surface area contributed by atoms with Gasteiger partial charge in [0.15, 0.2) is 5.96 Å². The smallest absolute Gasteiger partial charge is 0.197 e. The SMILES string of the molecule is NC1N=C(NC2=NCCN2)C(c2ccccc2)=C1c1ccccc1. The van der Waals surface area contributed by atoms with E-state index in [0.717, 1.165) is 47.2 Å². The van der Waals surface area contributed by atoms with Crippen molar-refractivity contribution < 1.29 is 0 Å². The lowest BCUT2D eigenvalue weighted by molar-refractivity contribution is 0.906. The summed E-state index contributed by atoms with van der Waals surface area (Å²) in [4.78, 5) is 9.06. The Morgan fingerprint density at radius 2 is 1.62 bits per heavy atom. The summed E-state index contributed by atoms with van der Waals surface area (Å²) in [7, 11) is 0. The highest BCUT2D eigenvalue weighted by atomic mass is 15.2. The van der Waals surface area contributed by atoms with E-state index in [1.807, 2.05) is 36.4 Å². The van der Waals surface area contributed by atoms with E-state index in [1.165, 1.54) is 0 Å². The maximum atomic E-state index is 6.36. The first kappa shape index (κ1) is 14.7. The number of rotatable bonds is 2. The lowest BCUT2D eigenvalue weighted by Gasteiger charge is -2.13. The Labute approximate surface area is 141 Å². The average Bonchev–Trinajstić information content (AvgIpc) is 3.24. The number of guanidine groups is 1. The van der Waals surface area contributed by atoms with Gasteiger partial charge in [0.05, 0.1) is 6.54 Å². The van der Waals surface area contributed by atoms with Crippen LogP contribution >= 0.6 is 0 Å². The van der Waals surface area contributed by atoms with Gasteiger partial charge >= 0.3 is 0 Å². The van der Waals surface area contributed by atoms with Crippen molar-refractivity contribution in [3.8, 4) is 0 Å². The van der Waals surface area contributed by atoms with Crippen molar-refractivity contribution in [2.45, 2.75) is 6.17 Å². The lowest BCUT2D eigenvalue weighted by Crippen LogP contribution is -2.38. The van der Waals surface area contributed by atoms with E-state index >= 15 is 0 Å². The van der Waals surface area contributed by atoms with Gasteiger partial charge in [-0.15, -0.1) is 0 Å². The van der Waals surface area contributed by atoms with Crippen LogP contribution in [0.5, 0.6) is 0 Å². The van der Waals surface area contributed by atoms with Gasteiger partial charge in [0.1, 0.15) is 12.0 Å². The Morgan fingerprint density at radius 3 is 2.25 bits per heavy atom. The molecule has 5 nitrogen and oxygen atoms in total. The molecule has 0 saturated carbocycles. The highest BCUT2D eigenvalue weighted by Crippen LogP contribution is 2.34. The summed E-state index contributed by atoms with van der Waals surface area (Å²) in [5, 5.41) is 6.53. The fourth-order valence-electron chi connectivity index (χ4n) is 3.06. The molecule has 1 atom stereocenters. The van der Waals surface area contributed by atoms with Gasteiger partial charge in [0.25, 0.3) is 0 Å². The van der Waals surface area contributed by atoms with Crippen molar-refractivity contribution in [3.05, 3.63) is 71.8 Å². The van der Waals surface area contributed by atoms with Gasteiger partial charge in [0, 0.05) is 17.7 Å². The maximum Gasteiger partial charge on any atom is 0.197 e. The summed E-state index contributed by atoms with van der Waals surface area (Å²) in [5.41, 5.74) is 10.6. The minimum absolute atomic E-state index is 0.396. The molecule has 120 valence electrons. The van der Waals surface area contributed by atoms with Gasteiger partial charge in [-0.2, -0.15) is 0 Å². The van der Waals surface area contributed by atoms with Crippen molar-refractivity contribution in [2.24, 2.45) is 15.7 Å². The normalized spacial score (nSPS) is 19.8. The summed E-state index contributed by atoms with van der Waals surface area (Å²) in [6.07, 6.45) is -0.396. The van der Waals surface area contributed by atoms with Crippen LogP contribution in [0.2, 0.25) is 0 Å². The summed E-state index contributed by atoms with van der Waals surface area (Å²) >= 11 is 0. The summed E-state index contributed by atoms with van der Waals surface area (Å²) in [6, 6.07) is 20.4. The largest absolute Gasteiger partial charge is 0.354 e. The van der Waals surface area contributed by atoms with E-state index in [0.29, 0.717) is 0 Å². The summed E-state index contributed by atoms with van der Waals surface area (Å²) in [5.74, 6) is 1.52. The molecule has 2 aliphatic heterocycles. The highest BCUT2D eigenvalue weighted by molar-refractivity contribution is 6.35. The maximum absolute atomic E-state index is 6.36. The van der Waals surface area contributed by atoms with Crippen LogP contribution < -0.4 is 16.4 Å². The third-order valence-corrected chi connectivity index (χ3v) is 4.13. The Morgan fingerprint density at radius 1 is 0.958 bits per heavy atom. The first-order valence-electron chi connectivity index (χ1n) is 8.07. The van der Waals surface area contributed by atoms with Crippen LogP contribution in [0.4, 0.5) is 0 Å². The zero-order valence-corrected chi connectivity index (χ0v) is 13.2. The van der Waals surface area contributed by atoms with Crippen molar-refractivity contribution in [2.75, 3.05) is 13.1 Å². The van der Waals surface area contributed by atoms with Crippen LogP contribution in [-0.4, -0.2) is 31.1 Å². The van der Waals surface area contributed by atoms with Crippen LogP contribution in [0.3, 0.4) is 0 Å². The van der Waals surface area contributed by atoms with E-state index in [2.05, 4.69) is 44.9 Å². The Balaban J connectivity index is 1.82. The Hall–Kier alpha value is -2.92. The topological polar surface area (TPSA) is 74.8 Å². The number of aliphatic imine (C=N–C) groups is 2. The van der Waals surface area contributed by atoms with Gasteiger partial charge < -0.3 is 16.4 Å². The zero-order chi connectivity index (χ0) is 16.4. The Bertz CT molecular complexity index is 821. The number of amidine groups is 1. The average molecular weight is 317 g/mol. The van der Waals surface area contributed by atoms with Gasteiger partial charge in [-0.1, -0.05) is 60.7 Å². The molecule has 0 bridgehead atoms. The van der Waals surface area contributed by atoms with Gasteiger partial charge in [-0.25, -0.2) is 4.99 Å². The summed E-state index contributed by atoms with van der Waals surface area (Å²) < 4.78 is 0. The standard InChI is InChI=1S/C19H19N5/c20-17-15(13-7-3-1-4-8-13)16(14-9-5-2-6-10-14)18(23-17)24-19-21-11-12-22-19/h1-10,17H,11-12,20H2,(H2,21,22,23,24). The predicted molar refractivity (Wildman–Crippen MR) is 98.5 cm³/mol. The van der Waals surface area contributed by atoms with E-state index in [-0.39, 0.29) is 0 Å². The molecule has 2 heterocycles. The van der Waals surface area contributed by atoms with E-state index in [4.69, 9.17) is 5.73 Å². The van der Waals surface area contributed by atoms with Crippen LogP contribution in [0.1, 0.15) is 11.1 Å². The second kappa shape index (κ2) is 6.29. The molecule has 0 spiro atoms. The molecule has 0 aromatic heterocycles. The van der Waals surface area contributed by atoms with Crippen LogP contribution in [-0.2, 0) is 0 Å². The minimum Gasteiger partial charge on any atom is -0.354 e. The molecule has 4 N–H and O–H groups in total. The number of nitrogens with two attached hydrogens (primary N) is 1. The number of benzene rings is 2. The van der Waals surface area contributed by atoms with Crippen LogP contribution in [0.15, 0.2) is 70.6 Å². The van der Waals surface area contributed by atoms with Crippen LogP contribution in [0, 0.1) is 0 Å². The van der Waals surface area contributed by atoms with Crippen molar-refractivity contribution >= 4 is 22.9 Å². The minimum atomic E-state index is -0.396. The van der Waals surface area contributed by atoms with E-state index in [1.54, 1.807) is 0 Å². The third-order valence-electron chi connectivity index (χ3n) is 4.13. The number of hydrogen-bond acceptors (Lipinski definition) is 5. The first-order valence-corrected chi connectivity index (χ1v) is 8.07. The number of nitrogens with one attached hydrogen (secondary N) is 2. The van der Waals surface area contributed by atoms with Crippen molar-refractivity contribution in [1.82, 2.24) is 10.6 Å². The van der Waals surface area contributed by atoms with Gasteiger partial charge in [-0.05, 0) is 11.1 Å². The zero-order valence-electron chi connectivity index (χ0n) is 13.2. The molecule has 2 aliphatic rings. The number of hydrogen-bond donors (Lipinski definition) is 3. The molecule has 24 heavy (non-hydrogen) atoms. The molecule has 2 aromatic carbocycles. The highest BCUT2D eigenvalue weighted by Gasteiger charge is 2.28.